The number of nitro groups is 1. The van der Waals surface area contributed by atoms with E-state index in [9.17, 15) is 10.1 Å². The molecule has 2 heterocycles. The quantitative estimate of drug-likeness (QED) is 0.284. The summed E-state index contributed by atoms with van der Waals surface area (Å²) in [7, 11) is 1.72. The van der Waals surface area contributed by atoms with Crippen LogP contribution in [0.2, 0.25) is 0 Å². The van der Waals surface area contributed by atoms with Gasteiger partial charge in [-0.1, -0.05) is 48.5 Å². The number of aromatic nitrogens is 1. The first-order valence-corrected chi connectivity index (χ1v) is 12.7. The van der Waals surface area contributed by atoms with Gasteiger partial charge in [0, 0.05) is 30.3 Å². The van der Waals surface area contributed by atoms with Crippen LogP contribution in [0.25, 0.3) is 10.9 Å². The number of aromatic amines is 1. The molecule has 1 aromatic heterocycles. The zero-order valence-electron chi connectivity index (χ0n) is 20.6. The van der Waals surface area contributed by atoms with Crippen molar-refractivity contribution in [1.29, 1.82) is 0 Å². The molecule has 6 heteroatoms. The normalized spacial score (nSPS) is 21.6. The van der Waals surface area contributed by atoms with Crippen LogP contribution < -0.4 is 4.74 Å². The molecule has 1 aliphatic carbocycles. The van der Waals surface area contributed by atoms with Crippen molar-refractivity contribution in [3.63, 3.8) is 0 Å². The minimum atomic E-state index is -0.243. The summed E-state index contributed by atoms with van der Waals surface area (Å²) in [6.07, 6.45) is 3.78. The third-order valence-corrected chi connectivity index (χ3v) is 8.47. The SMILES string of the molecule is COc1cccc(C23CCN(CCc4ccccc4)CC2Cc2c([nH]c4cccc([N+](=O)[O-])c24)C3)c1. The highest BCUT2D eigenvalue weighted by atomic mass is 16.6. The molecular formula is C30H31N3O3. The maximum Gasteiger partial charge on any atom is 0.279 e. The highest BCUT2D eigenvalue weighted by molar-refractivity contribution is 5.93. The Morgan fingerprint density at radius 1 is 1.11 bits per heavy atom. The van der Waals surface area contributed by atoms with Crippen molar-refractivity contribution < 1.29 is 9.66 Å². The minimum absolute atomic E-state index is 0.0273. The molecule has 1 fully saturated rings. The van der Waals surface area contributed by atoms with Gasteiger partial charge < -0.3 is 14.6 Å². The number of nitrogens with zero attached hydrogens (tertiary/aromatic N) is 2. The summed E-state index contributed by atoms with van der Waals surface area (Å²) in [4.78, 5) is 17.8. The number of nitrogens with one attached hydrogen (secondary N) is 1. The van der Waals surface area contributed by atoms with Crippen LogP contribution in [0.5, 0.6) is 5.75 Å². The topological polar surface area (TPSA) is 71.4 Å². The Balaban J connectivity index is 1.39. The standard InChI is InChI=1S/C30H31N3O3/c1-36-24-10-5-9-22(17-24)30-14-16-32(15-13-21-7-3-2-4-8-21)20-23(30)18-25-27(19-30)31-26-11-6-12-28(29(25)26)33(34)35/h2-12,17,23,31H,13-16,18-20H2,1H3. The first kappa shape index (κ1) is 22.8. The number of rotatable bonds is 6. The van der Waals surface area contributed by atoms with Crippen LogP contribution in [-0.4, -0.2) is 41.6 Å². The Morgan fingerprint density at radius 3 is 2.75 bits per heavy atom. The smallest absolute Gasteiger partial charge is 0.279 e. The fourth-order valence-electron chi connectivity index (χ4n) is 6.62. The van der Waals surface area contributed by atoms with Crippen LogP contribution >= 0.6 is 0 Å². The molecule has 0 saturated carbocycles. The Labute approximate surface area is 211 Å². The first-order chi connectivity index (χ1) is 17.6. The number of ether oxygens (including phenoxy) is 1. The fraction of sp³-hybridized carbons (Fsp3) is 0.333. The van der Waals surface area contributed by atoms with Gasteiger partial charge in [0.25, 0.3) is 5.69 Å². The maximum atomic E-state index is 11.9. The number of hydrogen-bond donors (Lipinski definition) is 1. The second kappa shape index (κ2) is 9.10. The maximum absolute atomic E-state index is 11.9. The van der Waals surface area contributed by atoms with Gasteiger partial charge in [-0.3, -0.25) is 10.1 Å². The molecule has 6 rings (SSSR count). The van der Waals surface area contributed by atoms with E-state index in [1.54, 1.807) is 19.2 Å². The first-order valence-electron chi connectivity index (χ1n) is 12.7. The molecule has 0 radical (unpaired) electrons. The molecule has 2 aliphatic rings. The summed E-state index contributed by atoms with van der Waals surface area (Å²) in [6, 6.07) is 24.6. The average molecular weight is 482 g/mol. The number of likely N-dealkylation sites (tertiary alicyclic amines) is 1. The van der Waals surface area contributed by atoms with E-state index in [-0.39, 0.29) is 16.0 Å². The third kappa shape index (κ3) is 3.86. The molecule has 2 unspecified atom stereocenters. The van der Waals surface area contributed by atoms with Gasteiger partial charge in [-0.25, -0.2) is 0 Å². The molecule has 36 heavy (non-hydrogen) atoms. The highest BCUT2D eigenvalue weighted by Crippen LogP contribution is 2.50. The zero-order chi connectivity index (χ0) is 24.7. The van der Waals surface area contributed by atoms with Crippen LogP contribution in [0, 0.1) is 16.0 Å². The second-order valence-corrected chi connectivity index (χ2v) is 10.3. The molecule has 184 valence electrons. The lowest BCUT2D eigenvalue weighted by molar-refractivity contribution is -0.383. The number of hydrogen-bond acceptors (Lipinski definition) is 4. The van der Waals surface area contributed by atoms with Crippen LogP contribution in [-0.2, 0) is 24.7 Å². The molecule has 2 atom stereocenters. The van der Waals surface area contributed by atoms with Gasteiger partial charge in [-0.05, 0) is 73.0 Å². The Kier molecular flexibility index (Phi) is 5.76. The lowest BCUT2D eigenvalue weighted by Gasteiger charge is -2.51. The predicted octanol–water partition coefficient (Wildman–Crippen LogP) is 5.69. The number of piperidine rings is 1. The van der Waals surface area contributed by atoms with Gasteiger partial charge in [0.15, 0.2) is 0 Å². The van der Waals surface area contributed by atoms with Gasteiger partial charge in [0.05, 0.1) is 22.9 Å². The van der Waals surface area contributed by atoms with Gasteiger partial charge in [0.1, 0.15) is 5.75 Å². The lowest BCUT2D eigenvalue weighted by atomic mass is 9.58. The molecule has 1 saturated heterocycles. The second-order valence-electron chi connectivity index (χ2n) is 10.3. The van der Waals surface area contributed by atoms with E-state index in [0.717, 1.165) is 73.2 Å². The number of benzene rings is 3. The van der Waals surface area contributed by atoms with Crippen LogP contribution in [0.15, 0.2) is 72.8 Å². The Morgan fingerprint density at radius 2 is 1.94 bits per heavy atom. The van der Waals surface area contributed by atoms with Gasteiger partial charge >= 0.3 is 0 Å². The van der Waals surface area contributed by atoms with Gasteiger partial charge in [-0.2, -0.15) is 0 Å². The van der Waals surface area contributed by atoms with Crippen molar-refractivity contribution in [2.45, 2.75) is 31.1 Å². The van der Waals surface area contributed by atoms with Gasteiger partial charge in [0.2, 0.25) is 0 Å². The zero-order valence-corrected chi connectivity index (χ0v) is 20.6. The van der Waals surface area contributed by atoms with Crippen molar-refractivity contribution in [3.05, 3.63) is 105 Å². The number of fused-ring (bicyclic) bond motifs is 4. The van der Waals surface area contributed by atoms with Crippen LogP contribution in [0.3, 0.4) is 0 Å². The molecule has 0 bridgehead atoms. The molecule has 1 aliphatic heterocycles. The fourth-order valence-corrected chi connectivity index (χ4v) is 6.62. The lowest BCUT2D eigenvalue weighted by Crippen LogP contribution is -2.54. The van der Waals surface area contributed by atoms with E-state index >= 15 is 0 Å². The molecule has 6 nitrogen and oxygen atoms in total. The molecule has 1 N–H and O–H groups in total. The van der Waals surface area contributed by atoms with E-state index in [2.05, 4.69) is 58.4 Å². The Bertz CT molecular complexity index is 1410. The molecular weight excluding hydrogens is 450 g/mol. The minimum Gasteiger partial charge on any atom is -0.497 e. The molecule has 0 amide bonds. The van der Waals surface area contributed by atoms with Crippen LogP contribution in [0.4, 0.5) is 5.69 Å². The summed E-state index contributed by atoms with van der Waals surface area (Å²) < 4.78 is 5.60. The Hall–Kier alpha value is -3.64. The largest absolute Gasteiger partial charge is 0.497 e. The van der Waals surface area contributed by atoms with Crippen molar-refractivity contribution in [1.82, 2.24) is 9.88 Å². The van der Waals surface area contributed by atoms with Crippen molar-refractivity contribution in [2.75, 3.05) is 26.7 Å². The third-order valence-electron chi connectivity index (χ3n) is 8.47. The van der Waals surface area contributed by atoms with Crippen molar-refractivity contribution in [3.8, 4) is 5.75 Å². The monoisotopic (exact) mass is 481 g/mol. The number of non-ortho nitro benzene ring substituents is 1. The van der Waals surface area contributed by atoms with Crippen molar-refractivity contribution >= 4 is 16.6 Å². The predicted molar refractivity (Wildman–Crippen MR) is 142 cm³/mol. The van der Waals surface area contributed by atoms with E-state index < -0.39 is 0 Å². The highest BCUT2D eigenvalue weighted by Gasteiger charge is 2.48. The van der Waals surface area contributed by atoms with Gasteiger partial charge in [-0.15, -0.1) is 0 Å². The summed E-state index contributed by atoms with van der Waals surface area (Å²) in [5, 5.41) is 12.7. The number of H-pyrrole nitrogens is 1. The van der Waals surface area contributed by atoms with E-state index in [4.69, 9.17) is 4.74 Å². The van der Waals surface area contributed by atoms with Crippen molar-refractivity contribution in [2.24, 2.45) is 5.92 Å². The van der Waals surface area contributed by atoms with E-state index in [1.165, 1.54) is 11.1 Å². The number of methoxy groups -OCH3 is 1. The number of nitro benzene ring substituents is 1. The molecule has 4 aromatic rings. The summed E-state index contributed by atoms with van der Waals surface area (Å²) in [5.74, 6) is 1.24. The summed E-state index contributed by atoms with van der Waals surface area (Å²) in [6.45, 7) is 3.04. The average Bonchev–Trinajstić information content (AvgIpc) is 3.28. The van der Waals surface area contributed by atoms with Crippen LogP contribution in [0.1, 0.15) is 28.8 Å². The molecule has 0 spiro atoms. The molecule has 3 aromatic carbocycles. The van der Waals surface area contributed by atoms with E-state index in [0.29, 0.717) is 5.92 Å². The van der Waals surface area contributed by atoms with E-state index in [1.807, 2.05) is 12.1 Å². The summed E-state index contributed by atoms with van der Waals surface area (Å²) >= 11 is 0. The summed E-state index contributed by atoms with van der Waals surface area (Å²) in [5.41, 5.74) is 6.00.